The molecule has 0 saturated heterocycles. The van der Waals surface area contributed by atoms with Gasteiger partial charge < -0.3 is 4.42 Å². The largest absolute Gasteiger partial charge is 0.469 e. The van der Waals surface area contributed by atoms with E-state index in [0.717, 1.165) is 11.3 Å². The van der Waals surface area contributed by atoms with Gasteiger partial charge in [0.05, 0.1) is 10.8 Å². The van der Waals surface area contributed by atoms with Gasteiger partial charge in [0, 0.05) is 5.56 Å². The Bertz CT molecular complexity index is 193. The lowest BCUT2D eigenvalue weighted by Gasteiger charge is -1.97. The summed E-state index contributed by atoms with van der Waals surface area (Å²) in [6, 6.07) is 1.88. The lowest BCUT2D eigenvalue weighted by Crippen LogP contribution is -1.78. The second kappa shape index (κ2) is 2.71. The maximum Gasteiger partial charge on any atom is 0.105 e. The van der Waals surface area contributed by atoms with Crippen LogP contribution in [0.1, 0.15) is 15.9 Å². The summed E-state index contributed by atoms with van der Waals surface area (Å²) in [7, 11) is 0. The van der Waals surface area contributed by atoms with Crippen LogP contribution in [0.4, 0.5) is 0 Å². The molecule has 1 rings (SSSR count). The summed E-state index contributed by atoms with van der Waals surface area (Å²) in [6.45, 7) is 1.90. The Hall–Kier alpha value is -0.0200. The van der Waals surface area contributed by atoms with Crippen molar-refractivity contribution in [1.82, 2.24) is 0 Å². The second-order valence-electron chi connectivity index (χ2n) is 1.81. The van der Waals surface area contributed by atoms with Crippen molar-refractivity contribution < 1.29 is 4.42 Å². The smallest absolute Gasteiger partial charge is 0.105 e. The molecular formula is C6H8OS2. The fraction of sp³-hybridized carbons (Fsp3) is 0.333. The summed E-state index contributed by atoms with van der Waals surface area (Å²) < 4.78 is 5.00. The molecule has 1 heterocycles. The van der Waals surface area contributed by atoms with E-state index in [1.807, 2.05) is 13.0 Å². The third-order valence-electron chi connectivity index (χ3n) is 1.18. The normalized spacial score (nSPS) is 10.7. The number of aryl methyl sites for hydroxylation is 1. The van der Waals surface area contributed by atoms with Crippen molar-refractivity contribution in [3.8, 4) is 0 Å². The number of furan rings is 1. The van der Waals surface area contributed by atoms with Crippen molar-refractivity contribution >= 4 is 25.3 Å². The van der Waals surface area contributed by atoms with Gasteiger partial charge in [-0.05, 0) is 13.0 Å². The van der Waals surface area contributed by atoms with Crippen molar-refractivity contribution in [2.45, 2.75) is 11.5 Å². The van der Waals surface area contributed by atoms with Crippen molar-refractivity contribution in [2.75, 3.05) is 0 Å². The van der Waals surface area contributed by atoms with E-state index in [9.17, 15) is 0 Å². The number of hydrogen-bond donors (Lipinski definition) is 2. The number of hydrogen-bond acceptors (Lipinski definition) is 3. The summed E-state index contributed by atoms with van der Waals surface area (Å²) >= 11 is 8.26. The number of thiol groups is 2. The summed E-state index contributed by atoms with van der Waals surface area (Å²) in [5.74, 6) is 0.894. The van der Waals surface area contributed by atoms with E-state index in [1.165, 1.54) is 0 Å². The Morgan fingerprint density at radius 1 is 1.56 bits per heavy atom. The van der Waals surface area contributed by atoms with E-state index in [1.54, 1.807) is 6.26 Å². The highest BCUT2D eigenvalue weighted by molar-refractivity contribution is 7.98. The highest BCUT2D eigenvalue weighted by atomic mass is 32.2. The van der Waals surface area contributed by atoms with E-state index in [-0.39, 0.29) is 4.58 Å². The first-order valence-corrected chi connectivity index (χ1v) is 3.65. The molecule has 0 aliphatic heterocycles. The van der Waals surface area contributed by atoms with Crippen LogP contribution in [0, 0.1) is 6.92 Å². The molecule has 0 unspecified atom stereocenters. The second-order valence-corrected chi connectivity index (χ2v) is 3.25. The van der Waals surface area contributed by atoms with Crippen LogP contribution in [0.3, 0.4) is 0 Å². The Balaban J connectivity index is 2.94. The molecule has 0 amide bonds. The molecule has 0 aliphatic carbocycles. The molecule has 50 valence electrons. The summed E-state index contributed by atoms with van der Waals surface area (Å²) in [5.41, 5.74) is 1.04. The lowest BCUT2D eigenvalue weighted by atomic mass is 10.3. The molecule has 0 aliphatic rings. The third kappa shape index (κ3) is 1.46. The van der Waals surface area contributed by atoms with Crippen LogP contribution >= 0.6 is 25.3 Å². The monoisotopic (exact) mass is 160 g/mol. The van der Waals surface area contributed by atoms with Gasteiger partial charge in [-0.15, -0.1) is 0 Å². The predicted octanol–water partition coefficient (Wildman–Crippen LogP) is 2.45. The van der Waals surface area contributed by atoms with Crippen LogP contribution in [0.25, 0.3) is 0 Å². The quantitative estimate of drug-likeness (QED) is 0.475. The molecule has 1 nitrogen and oxygen atoms in total. The molecule has 9 heavy (non-hydrogen) atoms. The first-order valence-electron chi connectivity index (χ1n) is 2.62. The van der Waals surface area contributed by atoms with Crippen LogP contribution in [0.2, 0.25) is 0 Å². The van der Waals surface area contributed by atoms with Gasteiger partial charge in [0.25, 0.3) is 0 Å². The first kappa shape index (κ1) is 7.09. The molecule has 1 aromatic heterocycles. The Kier molecular flexibility index (Phi) is 2.13. The van der Waals surface area contributed by atoms with Gasteiger partial charge in [0.15, 0.2) is 0 Å². The molecule has 0 spiro atoms. The van der Waals surface area contributed by atoms with E-state index in [4.69, 9.17) is 4.42 Å². The lowest BCUT2D eigenvalue weighted by molar-refractivity contribution is 0.531. The SMILES string of the molecule is Cc1occc1C(S)S. The Labute approximate surface area is 65.3 Å². The number of rotatable bonds is 1. The molecule has 0 fully saturated rings. The minimum atomic E-state index is -0.0243. The highest BCUT2D eigenvalue weighted by Crippen LogP contribution is 2.26. The summed E-state index contributed by atoms with van der Waals surface area (Å²) in [6.07, 6.45) is 1.64. The van der Waals surface area contributed by atoms with E-state index >= 15 is 0 Å². The van der Waals surface area contributed by atoms with Crippen LogP contribution < -0.4 is 0 Å². The van der Waals surface area contributed by atoms with Crippen LogP contribution in [-0.4, -0.2) is 0 Å². The fourth-order valence-corrected chi connectivity index (χ4v) is 1.20. The molecule has 0 atom stereocenters. The molecule has 0 N–H and O–H groups in total. The van der Waals surface area contributed by atoms with Gasteiger partial charge >= 0.3 is 0 Å². The van der Waals surface area contributed by atoms with Gasteiger partial charge in [-0.1, -0.05) is 0 Å². The highest BCUT2D eigenvalue weighted by Gasteiger charge is 2.05. The van der Waals surface area contributed by atoms with Crippen molar-refractivity contribution in [2.24, 2.45) is 0 Å². The third-order valence-corrected chi connectivity index (χ3v) is 1.73. The average molecular weight is 160 g/mol. The molecule has 0 bridgehead atoms. The molecule has 1 aromatic rings. The van der Waals surface area contributed by atoms with Crippen LogP contribution in [0.5, 0.6) is 0 Å². The van der Waals surface area contributed by atoms with Gasteiger partial charge in [-0.2, -0.15) is 25.3 Å². The molecule has 0 aromatic carbocycles. The zero-order chi connectivity index (χ0) is 6.85. The summed E-state index contributed by atoms with van der Waals surface area (Å²) in [5, 5.41) is 0. The van der Waals surface area contributed by atoms with Gasteiger partial charge in [0.1, 0.15) is 5.76 Å². The molecule has 0 radical (unpaired) electrons. The van der Waals surface area contributed by atoms with Gasteiger partial charge in [0.2, 0.25) is 0 Å². The van der Waals surface area contributed by atoms with Crippen molar-refractivity contribution in [1.29, 1.82) is 0 Å². The van der Waals surface area contributed by atoms with Crippen LogP contribution in [0.15, 0.2) is 16.7 Å². The zero-order valence-corrected chi connectivity index (χ0v) is 6.82. The predicted molar refractivity (Wildman–Crippen MR) is 44.2 cm³/mol. The van der Waals surface area contributed by atoms with Gasteiger partial charge in [-0.25, -0.2) is 0 Å². The maximum atomic E-state index is 5.03. The van der Waals surface area contributed by atoms with Crippen molar-refractivity contribution in [3.05, 3.63) is 23.7 Å². The van der Waals surface area contributed by atoms with Crippen LogP contribution in [-0.2, 0) is 0 Å². The minimum Gasteiger partial charge on any atom is -0.469 e. The summed E-state index contributed by atoms with van der Waals surface area (Å²) in [4.78, 5) is 0. The van der Waals surface area contributed by atoms with E-state index in [0.29, 0.717) is 0 Å². The Morgan fingerprint density at radius 3 is 2.44 bits per heavy atom. The molecular weight excluding hydrogens is 152 g/mol. The Morgan fingerprint density at radius 2 is 2.22 bits per heavy atom. The topological polar surface area (TPSA) is 13.1 Å². The molecule has 3 heteroatoms. The average Bonchev–Trinajstić information content (AvgIpc) is 2.13. The van der Waals surface area contributed by atoms with E-state index < -0.39 is 0 Å². The first-order chi connectivity index (χ1) is 4.22. The van der Waals surface area contributed by atoms with E-state index in [2.05, 4.69) is 25.3 Å². The van der Waals surface area contributed by atoms with Gasteiger partial charge in [-0.3, -0.25) is 0 Å². The zero-order valence-electron chi connectivity index (χ0n) is 5.03. The maximum absolute atomic E-state index is 5.03. The fourth-order valence-electron chi connectivity index (χ4n) is 0.663. The standard InChI is InChI=1S/C6H8OS2/c1-4-5(6(8)9)2-3-7-4/h2-3,6,8-9H,1H3. The molecule has 0 saturated carbocycles. The van der Waals surface area contributed by atoms with Crippen molar-refractivity contribution in [3.63, 3.8) is 0 Å². The minimum absolute atomic E-state index is 0.0243.